The van der Waals surface area contributed by atoms with E-state index in [1.54, 1.807) is 6.92 Å². The van der Waals surface area contributed by atoms with Crippen molar-refractivity contribution in [2.45, 2.75) is 22.2 Å². The highest BCUT2D eigenvalue weighted by Crippen LogP contribution is 2.41. The van der Waals surface area contributed by atoms with Gasteiger partial charge < -0.3 is 9.47 Å². The van der Waals surface area contributed by atoms with Crippen LogP contribution in [0.15, 0.2) is 30.3 Å². The molecule has 106 valence electrons. The number of halogens is 2. The number of rotatable bonds is 7. The summed E-state index contributed by atoms with van der Waals surface area (Å²) in [4.78, 5) is 0. The Kier molecular flexibility index (Phi) is 6.48. The van der Waals surface area contributed by atoms with Gasteiger partial charge in [-0.2, -0.15) is 10.5 Å². The van der Waals surface area contributed by atoms with Crippen molar-refractivity contribution >= 4 is 31.9 Å². The lowest BCUT2D eigenvalue weighted by Crippen LogP contribution is -2.44. The maximum absolute atomic E-state index is 9.26. The topological polar surface area (TPSA) is 66.0 Å². The first-order chi connectivity index (χ1) is 9.45. The normalized spacial score (nSPS) is 16.2. The van der Waals surface area contributed by atoms with E-state index in [0.717, 1.165) is 5.75 Å². The number of nitriles is 2. The van der Waals surface area contributed by atoms with Crippen LogP contribution in [0.2, 0.25) is 0 Å². The molecule has 0 saturated carbocycles. The van der Waals surface area contributed by atoms with Gasteiger partial charge in [-0.05, 0) is 35.0 Å². The van der Waals surface area contributed by atoms with E-state index < -0.39 is 8.83 Å². The van der Waals surface area contributed by atoms with E-state index in [2.05, 4.69) is 31.9 Å². The largest absolute Gasteiger partial charge is 0.491 e. The molecule has 0 heterocycles. The smallest absolute Gasteiger partial charge is 0.225 e. The summed E-state index contributed by atoms with van der Waals surface area (Å²) in [7, 11) is 0. The van der Waals surface area contributed by atoms with Crippen LogP contribution < -0.4 is 4.74 Å². The van der Waals surface area contributed by atoms with Gasteiger partial charge in [-0.1, -0.05) is 34.1 Å². The summed E-state index contributed by atoms with van der Waals surface area (Å²) in [5.74, 6) is 0.742. The molecule has 0 radical (unpaired) electrons. The van der Waals surface area contributed by atoms with Crippen LogP contribution in [0.4, 0.5) is 0 Å². The molecular formula is C14H14Br2N2O2. The zero-order valence-electron chi connectivity index (χ0n) is 11.0. The summed E-state index contributed by atoms with van der Waals surface area (Å²) in [5.41, 5.74) is 0. The van der Waals surface area contributed by atoms with Gasteiger partial charge in [0.2, 0.25) is 4.51 Å². The minimum Gasteiger partial charge on any atom is -0.491 e. The van der Waals surface area contributed by atoms with Crippen molar-refractivity contribution in [3.63, 3.8) is 0 Å². The molecule has 0 aliphatic carbocycles. The predicted molar refractivity (Wildman–Crippen MR) is 82.7 cm³/mol. The number of alkyl halides is 2. The van der Waals surface area contributed by atoms with Crippen LogP contribution in [-0.4, -0.2) is 22.0 Å². The lowest BCUT2D eigenvalue weighted by atomic mass is 10.0. The summed E-state index contributed by atoms with van der Waals surface area (Å²) in [6, 6.07) is 13.4. The second kappa shape index (κ2) is 7.64. The monoisotopic (exact) mass is 400 g/mol. The molecule has 0 N–H and O–H groups in total. The van der Waals surface area contributed by atoms with E-state index in [1.807, 2.05) is 42.5 Å². The van der Waals surface area contributed by atoms with Crippen LogP contribution in [0, 0.1) is 22.7 Å². The van der Waals surface area contributed by atoms with Crippen LogP contribution in [0.25, 0.3) is 0 Å². The summed E-state index contributed by atoms with van der Waals surface area (Å²) in [6.45, 7) is 2.27. The van der Waals surface area contributed by atoms with Gasteiger partial charge in [-0.3, -0.25) is 0 Å². The van der Waals surface area contributed by atoms with Crippen LogP contribution in [-0.2, 0) is 4.74 Å². The van der Waals surface area contributed by atoms with Crippen molar-refractivity contribution in [2.24, 2.45) is 0 Å². The van der Waals surface area contributed by atoms with E-state index >= 15 is 0 Å². The maximum Gasteiger partial charge on any atom is 0.225 e. The van der Waals surface area contributed by atoms with Crippen LogP contribution in [0.3, 0.4) is 0 Å². The third-order valence-electron chi connectivity index (χ3n) is 2.62. The lowest BCUT2D eigenvalue weighted by molar-refractivity contribution is 0.0302. The van der Waals surface area contributed by atoms with Crippen molar-refractivity contribution in [1.82, 2.24) is 0 Å². The van der Waals surface area contributed by atoms with Gasteiger partial charge >= 0.3 is 0 Å². The van der Waals surface area contributed by atoms with E-state index in [0.29, 0.717) is 6.61 Å². The van der Waals surface area contributed by atoms with Crippen LogP contribution >= 0.6 is 31.9 Å². The lowest BCUT2D eigenvalue weighted by Gasteiger charge is -2.33. The molecule has 1 rings (SSSR count). The van der Waals surface area contributed by atoms with Gasteiger partial charge in [0.15, 0.2) is 0 Å². The fourth-order valence-electron chi connectivity index (χ4n) is 1.42. The molecule has 6 heteroatoms. The molecular weight excluding hydrogens is 388 g/mol. The standard InChI is InChI=1S/C14H14Br2N2O2/c1-13(15,7-8-17)14(16,11-18)20-10-9-19-12-5-3-2-4-6-12/h2-6H,7,9-10H2,1H3. The van der Waals surface area contributed by atoms with Crippen molar-refractivity contribution < 1.29 is 9.47 Å². The van der Waals surface area contributed by atoms with Crippen molar-refractivity contribution in [3.05, 3.63) is 30.3 Å². The third kappa shape index (κ3) is 4.49. The minimum atomic E-state index is -1.28. The highest BCUT2D eigenvalue weighted by Gasteiger charge is 2.46. The third-order valence-corrected chi connectivity index (χ3v) is 5.27. The summed E-state index contributed by atoms with van der Waals surface area (Å²) in [6.07, 6.45) is 0.130. The average molecular weight is 402 g/mol. The first kappa shape index (κ1) is 17.0. The average Bonchev–Trinajstić information content (AvgIpc) is 2.44. The second-order valence-electron chi connectivity index (χ2n) is 4.25. The Morgan fingerprint density at radius 1 is 1.15 bits per heavy atom. The highest BCUT2D eigenvalue weighted by atomic mass is 79.9. The van der Waals surface area contributed by atoms with Gasteiger partial charge in [0.25, 0.3) is 0 Å². The predicted octanol–water partition coefficient (Wildman–Crippen LogP) is 3.76. The van der Waals surface area contributed by atoms with E-state index in [9.17, 15) is 5.26 Å². The quantitative estimate of drug-likeness (QED) is 0.515. The molecule has 0 saturated heterocycles. The molecule has 4 nitrogen and oxygen atoms in total. The molecule has 0 aromatic heterocycles. The number of nitrogens with zero attached hydrogens (tertiary/aromatic N) is 2. The van der Waals surface area contributed by atoms with E-state index in [1.165, 1.54) is 0 Å². The first-order valence-electron chi connectivity index (χ1n) is 5.93. The minimum absolute atomic E-state index is 0.130. The molecule has 0 spiro atoms. The Labute approximate surface area is 135 Å². The molecule has 0 aliphatic heterocycles. The second-order valence-corrected chi connectivity index (χ2v) is 7.12. The molecule has 0 amide bonds. The fourth-order valence-corrected chi connectivity index (χ4v) is 2.05. The Bertz CT molecular complexity index is 508. The van der Waals surface area contributed by atoms with Gasteiger partial charge in [0.1, 0.15) is 18.4 Å². The van der Waals surface area contributed by atoms with E-state index in [4.69, 9.17) is 14.7 Å². The van der Waals surface area contributed by atoms with E-state index in [-0.39, 0.29) is 13.0 Å². The molecule has 20 heavy (non-hydrogen) atoms. The molecule has 0 aliphatic rings. The van der Waals surface area contributed by atoms with Crippen molar-refractivity contribution in [1.29, 1.82) is 10.5 Å². The van der Waals surface area contributed by atoms with Gasteiger partial charge in [0.05, 0.1) is 23.4 Å². The summed E-state index contributed by atoms with van der Waals surface area (Å²) in [5, 5.41) is 18.1. The molecule has 1 aromatic carbocycles. The molecule has 1 aromatic rings. The van der Waals surface area contributed by atoms with Gasteiger partial charge in [-0.15, -0.1) is 0 Å². The zero-order chi connectivity index (χ0) is 15.1. The van der Waals surface area contributed by atoms with Crippen LogP contribution in [0.5, 0.6) is 5.75 Å². The maximum atomic E-state index is 9.26. The number of hydrogen-bond donors (Lipinski definition) is 0. The number of hydrogen-bond acceptors (Lipinski definition) is 4. The Balaban J connectivity index is 2.50. The van der Waals surface area contributed by atoms with Gasteiger partial charge in [0, 0.05) is 0 Å². The number of ether oxygens (including phenoxy) is 2. The van der Waals surface area contributed by atoms with Crippen LogP contribution in [0.1, 0.15) is 13.3 Å². The number of para-hydroxylation sites is 1. The van der Waals surface area contributed by atoms with Gasteiger partial charge in [-0.25, -0.2) is 0 Å². The Morgan fingerprint density at radius 3 is 2.35 bits per heavy atom. The van der Waals surface area contributed by atoms with Crippen molar-refractivity contribution in [2.75, 3.05) is 13.2 Å². The fraction of sp³-hybridized carbons (Fsp3) is 0.429. The highest BCUT2D eigenvalue weighted by molar-refractivity contribution is 9.13. The van der Waals surface area contributed by atoms with Crippen molar-refractivity contribution in [3.8, 4) is 17.9 Å². The zero-order valence-corrected chi connectivity index (χ0v) is 14.1. The molecule has 0 fully saturated rings. The molecule has 2 unspecified atom stereocenters. The first-order valence-corrected chi connectivity index (χ1v) is 7.51. The Hall–Kier alpha value is -1.08. The number of benzene rings is 1. The molecule has 2 atom stereocenters. The molecule has 0 bridgehead atoms. The summed E-state index contributed by atoms with van der Waals surface area (Å²) >= 11 is 6.62. The summed E-state index contributed by atoms with van der Waals surface area (Å²) < 4.78 is 8.94. The SMILES string of the molecule is CC(Br)(CC#N)C(Br)(C#N)OCCOc1ccccc1. The Morgan fingerprint density at radius 2 is 1.80 bits per heavy atom.